The summed E-state index contributed by atoms with van der Waals surface area (Å²) < 4.78 is 0. The molecule has 14 heavy (non-hydrogen) atoms. The highest BCUT2D eigenvalue weighted by atomic mass is 14.6. The van der Waals surface area contributed by atoms with Gasteiger partial charge in [-0.2, -0.15) is 0 Å². The minimum Gasteiger partial charge on any atom is -0.265 e. The third kappa shape index (κ3) is 7.96. The van der Waals surface area contributed by atoms with E-state index in [0.29, 0.717) is 0 Å². The number of rotatable bonds is 0. The SMILES string of the molecule is C#N.c1ccccc1.c1ccncc1. The van der Waals surface area contributed by atoms with E-state index >= 15 is 0 Å². The van der Waals surface area contributed by atoms with Crippen molar-refractivity contribution in [2.24, 2.45) is 0 Å². The fourth-order valence-electron chi connectivity index (χ4n) is 0.698. The average molecular weight is 184 g/mol. The predicted octanol–water partition coefficient (Wildman–Crippen LogP) is 2.91. The van der Waals surface area contributed by atoms with Gasteiger partial charge in [0.1, 0.15) is 0 Å². The molecule has 2 nitrogen and oxygen atoms in total. The topological polar surface area (TPSA) is 36.7 Å². The van der Waals surface area contributed by atoms with Crippen molar-refractivity contribution in [1.82, 2.24) is 4.98 Å². The van der Waals surface area contributed by atoms with Crippen LogP contribution >= 0.6 is 0 Å². The van der Waals surface area contributed by atoms with Gasteiger partial charge in [0, 0.05) is 19.0 Å². The zero-order chi connectivity index (χ0) is 10.5. The molecular formula is C12H12N2. The van der Waals surface area contributed by atoms with E-state index in [1.165, 1.54) is 0 Å². The highest BCUT2D eigenvalue weighted by Gasteiger charge is 1.58. The summed E-state index contributed by atoms with van der Waals surface area (Å²) in [7, 11) is 0. The Morgan fingerprint density at radius 1 is 0.571 bits per heavy atom. The van der Waals surface area contributed by atoms with Gasteiger partial charge in [-0.25, -0.2) is 5.26 Å². The van der Waals surface area contributed by atoms with Gasteiger partial charge in [-0.1, -0.05) is 42.5 Å². The number of hydrogen-bond acceptors (Lipinski definition) is 2. The van der Waals surface area contributed by atoms with Crippen LogP contribution in [0.3, 0.4) is 0 Å². The molecule has 2 heteroatoms. The highest BCUT2D eigenvalue weighted by Crippen LogP contribution is 1.79. The Hall–Kier alpha value is -2.14. The third-order valence-corrected chi connectivity index (χ3v) is 1.23. The van der Waals surface area contributed by atoms with Crippen molar-refractivity contribution < 1.29 is 0 Å². The lowest BCUT2D eigenvalue weighted by molar-refractivity contribution is 1.33. The van der Waals surface area contributed by atoms with Crippen LogP contribution in [-0.4, -0.2) is 4.98 Å². The highest BCUT2D eigenvalue weighted by molar-refractivity contribution is 4.99. The molecule has 1 heterocycles. The van der Waals surface area contributed by atoms with Crippen LogP contribution in [0.25, 0.3) is 0 Å². The van der Waals surface area contributed by atoms with Gasteiger partial charge < -0.3 is 0 Å². The molecule has 0 N–H and O–H groups in total. The van der Waals surface area contributed by atoms with Crippen molar-refractivity contribution in [3.8, 4) is 6.57 Å². The van der Waals surface area contributed by atoms with E-state index in [0.717, 1.165) is 0 Å². The van der Waals surface area contributed by atoms with Gasteiger partial charge in [-0.05, 0) is 12.1 Å². The summed E-state index contributed by atoms with van der Waals surface area (Å²) in [5, 5.41) is 6.50. The Bertz CT molecular complexity index is 218. The lowest BCUT2D eigenvalue weighted by Gasteiger charge is -1.70. The summed E-state index contributed by atoms with van der Waals surface area (Å²) in [5.74, 6) is 0. The second-order valence-corrected chi connectivity index (χ2v) is 2.18. The first-order valence-electron chi connectivity index (χ1n) is 4.11. The van der Waals surface area contributed by atoms with Gasteiger partial charge in [-0.3, -0.25) is 4.98 Å². The number of aromatic nitrogens is 1. The number of nitriles is 1. The van der Waals surface area contributed by atoms with E-state index < -0.39 is 0 Å². The zero-order valence-corrected chi connectivity index (χ0v) is 7.82. The Morgan fingerprint density at radius 2 is 0.857 bits per heavy atom. The molecule has 0 amide bonds. The zero-order valence-electron chi connectivity index (χ0n) is 7.82. The van der Waals surface area contributed by atoms with Crippen LogP contribution in [0.15, 0.2) is 67.0 Å². The first kappa shape index (κ1) is 11.9. The van der Waals surface area contributed by atoms with E-state index in [-0.39, 0.29) is 0 Å². The fourth-order valence-corrected chi connectivity index (χ4v) is 0.698. The largest absolute Gasteiger partial charge is 0.265 e. The molecule has 0 saturated heterocycles. The second kappa shape index (κ2) is 10.9. The summed E-state index contributed by atoms with van der Waals surface area (Å²) in [5.41, 5.74) is 0. The molecule has 0 saturated carbocycles. The molecule has 0 radical (unpaired) electrons. The molecule has 0 atom stereocenters. The molecule has 0 aliphatic rings. The van der Waals surface area contributed by atoms with Crippen molar-refractivity contribution >= 4 is 0 Å². The molecule has 2 rings (SSSR count). The van der Waals surface area contributed by atoms with Gasteiger partial charge in [0.25, 0.3) is 0 Å². The smallest absolute Gasteiger partial charge is 0.0462 e. The minimum atomic E-state index is 1.75. The van der Waals surface area contributed by atoms with Gasteiger partial charge >= 0.3 is 0 Å². The summed E-state index contributed by atoms with van der Waals surface area (Å²) >= 11 is 0. The molecule has 1 aromatic carbocycles. The summed E-state index contributed by atoms with van der Waals surface area (Å²) in [6.07, 6.45) is 3.50. The molecule has 0 bridgehead atoms. The molecule has 1 aromatic heterocycles. The van der Waals surface area contributed by atoms with Gasteiger partial charge in [-0.15, -0.1) is 0 Å². The number of hydrogen-bond donors (Lipinski definition) is 0. The lowest BCUT2D eigenvalue weighted by Crippen LogP contribution is -1.58. The first-order valence-corrected chi connectivity index (χ1v) is 4.11. The number of pyridine rings is 1. The van der Waals surface area contributed by atoms with Gasteiger partial charge in [0.2, 0.25) is 0 Å². The average Bonchev–Trinajstić information content (AvgIpc) is 2.37. The predicted molar refractivity (Wildman–Crippen MR) is 57.3 cm³/mol. The van der Waals surface area contributed by atoms with Crippen molar-refractivity contribution in [1.29, 1.82) is 5.26 Å². The number of nitrogens with zero attached hydrogens (tertiary/aromatic N) is 2. The van der Waals surface area contributed by atoms with Crippen molar-refractivity contribution in [3.05, 3.63) is 67.0 Å². The van der Waals surface area contributed by atoms with Crippen LogP contribution in [0.5, 0.6) is 0 Å². The summed E-state index contributed by atoms with van der Waals surface area (Å²) in [6.45, 7) is 3.50. The molecule has 0 spiro atoms. The molecule has 0 aliphatic carbocycles. The maximum Gasteiger partial charge on any atom is 0.0462 e. The summed E-state index contributed by atoms with van der Waals surface area (Å²) in [6, 6.07) is 17.7. The molecule has 2 aromatic rings. The normalized spacial score (nSPS) is 7.00. The van der Waals surface area contributed by atoms with Crippen LogP contribution in [0.2, 0.25) is 0 Å². The van der Waals surface area contributed by atoms with E-state index in [1.807, 2.05) is 54.6 Å². The van der Waals surface area contributed by atoms with Crippen molar-refractivity contribution in [2.75, 3.05) is 0 Å². The molecular weight excluding hydrogens is 172 g/mol. The van der Waals surface area contributed by atoms with Gasteiger partial charge in [0.15, 0.2) is 0 Å². The van der Waals surface area contributed by atoms with Crippen LogP contribution < -0.4 is 0 Å². The van der Waals surface area contributed by atoms with E-state index in [4.69, 9.17) is 5.26 Å². The molecule has 70 valence electrons. The molecule has 0 aliphatic heterocycles. The van der Waals surface area contributed by atoms with E-state index in [9.17, 15) is 0 Å². The minimum absolute atomic E-state index is 1.75. The fraction of sp³-hybridized carbons (Fsp3) is 0. The standard InChI is InChI=1S/C6H6.C5H5N.CHN/c2*1-2-4-6-5-3-1;1-2/h1-6H;1-5H;1H. The summed E-state index contributed by atoms with van der Waals surface area (Å²) in [4.78, 5) is 3.78. The van der Waals surface area contributed by atoms with Gasteiger partial charge in [0.05, 0.1) is 0 Å². The maximum atomic E-state index is 6.50. The number of benzene rings is 1. The Balaban J connectivity index is 0.000000206. The van der Waals surface area contributed by atoms with Crippen LogP contribution in [0, 0.1) is 11.8 Å². The molecule has 0 unspecified atom stereocenters. The monoisotopic (exact) mass is 184 g/mol. The van der Waals surface area contributed by atoms with Crippen LogP contribution in [0.1, 0.15) is 0 Å². The first-order chi connectivity index (χ1) is 7.00. The Labute approximate surface area is 84.5 Å². The van der Waals surface area contributed by atoms with E-state index in [1.54, 1.807) is 12.4 Å². The lowest BCUT2D eigenvalue weighted by atomic mass is 10.4. The quantitative estimate of drug-likeness (QED) is 0.631. The van der Waals surface area contributed by atoms with Crippen molar-refractivity contribution in [3.63, 3.8) is 0 Å². The van der Waals surface area contributed by atoms with Crippen LogP contribution in [-0.2, 0) is 0 Å². The van der Waals surface area contributed by atoms with Crippen LogP contribution in [0.4, 0.5) is 0 Å². The third-order valence-electron chi connectivity index (χ3n) is 1.23. The Morgan fingerprint density at radius 3 is 1.00 bits per heavy atom. The second-order valence-electron chi connectivity index (χ2n) is 2.18. The van der Waals surface area contributed by atoms with Crippen molar-refractivity contribution in [2.45, 2.75) is 0 Å². The van der Waals surface area contributed by atoms with E-state index in [2.05, 4.69) is 11.6 Å². The molecule has 0 fully saturated rings. The Kier molecular flexibility index (Phi) is 9.20. The maximum absolute atomic E-state index is 6.50.